The summed E-state index contributed by atoms with van der Waals surface area (Å²) in [7, 11) is 1.49. The Morgan fingerprint density at radius 1 is 1.47 bits per heavy atom. The maximum atomic E-state index is 12.4. The van der Waals surface area contributed by atoms with Gasteiger partial charge in [0.2, 0.25) is 0 Å². The molecular weight excluding hydrogens is 268 g/mol. The normalized spacial score (nSPS) is 15.4. The highest BCUT2D eigenvalue weighted by atomic mass is 35.5. The van der Waals surface area contributed by atoms with Crippen LogP contribution in [0, 0.1) is 0 Å². The Morgan fingerprint density at radius 3 is 2.53 bits per heavy atom. The molecule has 0 aromatic carbocycles. The molecule has 0 aliphatic heterocycles. The number of hydrogen-bond acceptors (Lipinski definition) is 2. The molecule has 5 nitrogen and oxygen atoms in total. The molecular formula is C13H17ClN2O3. The third-order valence-electron chi connectivity index (χ3n) is 3.64. The molecule has 0 atom stereocenters. The monoisotopic (exact) mass is 284 g/mol. The Labute approximate surface area is 116 Å². The standard InChI is InChI=1S/C13H17ClN2O3/c1-13(2,12(18)19)15(3)11(17)10-6-8(14)7-16(10)9-4-5-9/h6-7,9H,4-5H2,1-3H3,(H,18,19). The number of nitrogens with zero attached hydrogens (tertiary/aromatic N) is 2. The van der Waals surface area contributed by atoms with Crippen LogP contribution in [-0.4, -0.2) is 39.0 Å². The Balaban J connectivity index is 2.31. The molecule has 1 aliphatic carbocycles. The summed E-state index contributed by atoms with van der Waals surface area (Å²) in [5, 5.41) is 9.67. The first-order valence-corrected chi connectivity index (χ1v) is 6.52. The van der Waals surface area contributed by atoms with Gasteiger partial charge in [-0.05, 0) is 32.8 Å². The highest BCUT2D eigenvalue weighted by Crippen LogP contribution is 2.38. The zero-order valence-electron chi connectivity index (χ0n) is 11.2. The quantitative estimate of drug-likeness (QED) is 0.923. The van der Waals surface area contributed by atoms with Crippen molar-refractivity contribution in [1.29, 1.82) is 0 Å². The van der Waals surface area contributed by atoms with Crippen LogP contribution >= 0.6 is 11.6 Å². The SMILES string of the molecule is CN(C(=O)c1cc(Cl)cn1C1CC1)C(C)(C)C(=O)O. The second-order valence-corrected chi connectivity index (χ2v) is 5.85. The second-order valence-electron chi connectivity index (χ2n) is 5.41. The molecule has 0 spiro atoms. The molecule has 1 aliphatic rings. The molecule has 6 heteroatoms. The van der Waals surface area contributed by atoms with Gasteiger partial charge in [0.1, 0.15) is 11.2 Å². The van der Waals surface area contributed by atoms with Gasteiger partial charge < -0.3 is 14.6 Å². The number of aliphatic carboxylic acids is 1. The minimum atomic E-state index is -1.26. The number of carbonyl (C=O) groups is 2. The lowest BCUT2D eigenvalue weighted by Gasteiger charge is -2.31. The minimum absolute atomic E-state index is 0.313. The molecule has 19 heavy (non-hydrogen) atoms. The predicted molar refractivity (Wildman–Crippen MR) is 71.5 cm³/mol. The van der Waals surface area contributed by atoms with E-state index in [-0.39, 0.29) is 5.91 Å². The van der Waals surface area contributed by atoms with Gasteiger partial charge in [0.05, 0.1) is 5.02 Å². The number of aromatic nitrogens is 1. The molecule has 1 amide bonds. The van der Waals surface area contributed by atoms with Gasteiger partial charge in [-0.1, -0.05) is 11.6 Å². The van der Waals surface area contributed by atoms with Crippen molar-refractivity contribution in [1.82, 2.24) is 9.47 Å². The first kappa shape index (κ1) is 13.9. The Kier molecular flexibility index (Phi) is 3.34. The summed E-state index contributed by atoms with van der Waals surface area (Å²) >= 11 is 5.96. The van der Waals surface area contributed by atoms with Gasteiger partial charge >= 0.3 is 5.97 Å². The lowest BCUT2D eigenvalue weighted by atomic mass is 10.0. The number of likely N-dealkylation sites (N-methyl/N-ethyl adjacent to an activating group) is 1. The second kappa shape index (κ2) is 4.56. The van der Waals surface area contributed by atoms with Gasteiger partial charge in [0, 0.05) is 19.3 Å². The molecule has 2 rings (SSSR count). The number of carbonyl (C=O) groups excluding carboxylic acids is 1. The van der Waals surface area contributed by atoms with Gasteiger partial charge in [0.15, 0.2) is 0 Å². The van der Waals surface area contributed by atoms with Crippen molar-refractivity contribution in [2.24, 2.45) is 0 Å². The Hall–Kier alpha value is -1.49. The van der Waals surface area contributed by atoms with E-state index in [1.807, 2.05) is 4.57 Å². The lowest BCUT2D eigenvalue weighted by Crippen LogP contribution is -2.51. The van der Waals surface area contributed by atoms with Gasteiger partial charge in [-0.15, -0.1) is 0 Å². The van der Waals surface area contributed by atoms with E-state index in [9.17, 15) is 14.7 Å². The molecule has 0 bridgehead atoms. The third-order valence-corrected chi connectivity index (χ3v) is 3.85. The van der Waals surface area contributed by atoms with E-state index in [2.05, 4.69) is 0 Å². The molecule has 1 aromatic heterocycles. The average molecular weight is 285 g/mol. The molecule has 1 aromatic rings. The van der Waals surface area contributed by atoms with Crippen LogP contribution in [0.5, 0.6) is 0 Å². The van der Waals surface area contributed by atoms with Crippen molar-refractivity contribution >= 4 is 23.5 Å². The van der Waals surface area contributed by atoms with Gasteiger partial charge in [-0.3, -0.25) is 4.79 Å². The summed E-state index contributed by atoms with van der Waals surface area (Å²) < 4.78 is 1.85. The average Bonchev–Trinajstić information content (AvgIpc) is 3.10. The Morgan fingerprint density at radius 2 is 2.05 bits per heavy atom. The predicted octanol–water partition coefficient (Wildman–Crippen LogP) is 2.41. The topological polar surface area (TPSA) is 62.5 Å². The first-order valence-electron chi connectivity index (χ1n) is 6.14. The highest BCUT2D eigenvalue weighted by molar-refractivity contribution is 6.31. The highest BCUT2D eigenvalue weighted by Gasteiger charge is 2.37. The maximum absolute atomic E-state index is 12.4. The van der Waals surface area contributed by atoms with E-state index in [0.717, 1.165) is 12.8 Å². The maximum Gasteiger partial charge on any atom is 0.329 e. The van der Waals surface area contributed by atoms with Crippen LogP contribution in [-0.2, 0) is 4.79 Å². The fourth-order valence-electron chi connectivity index (χ4n) is 1.84. The number of carboxylic acid groups (broad SMARTS) is 1. The summed E-state index contributed by atoms with van der Waals surface area (Å²) in [6.07, 6.45) is 3.78. The van der Waals surface area contributed by atoms with E-state index in [0.29, 0.717) is 16.8 Å². The summed E-state index contributed by atoms with van der Waals surface area (Å²) in [5.41, 5.74) is -0.813. The molecule has 1 saturated carbocycles. The van der Waals surface area contributed by atoms with Crippen LogP contribution in [0.25, 0.3) is 0 Å². The molecule has 0 unspecified atom stereocenters. The van der Waals surface area contributed by atoms with Crippen molar-refractivity contribution in [3.8, 4) is 0 Å². The number of halogens is 1. The lowest BCUT2D eigenvalue weighted by molar-refractivity contribution is -0.147. The van der Waals surface area contributed by atoms with Crippen LogP contribution in [0.3, 0.4) is 0 Å². The van der Waals surface area contributed by atoms with Gasteiger partial charge in [-0.25, -0.2) is 4.79 Å². The first-order chi connectivity index (χ1) is 8.75. The smallest absolute Gasteiger partial charge is 0.329 e. The van der Waals surface area contributed by atoms with Crippen LogP contribution in [0.15, 0.2) is 12.3 Å². The van der Waals surface area contributed by atoms with E-state index in [1.54, 1.807) is 12.3 Å². The molecule has 1 heterocycles. The Bertz CT molecular complexity index is 532. The number of hydrogen-bond donors (Lipinski definition) is 1. The fourth-order valence-corrected chi connectivity index (χ4v) is 2.05. The van der Waals surface area contributed by atoms with Gasteiger partial charge in [0.25, 0.3) is 5.91 Å². The zero-order chi connectivity index (χ0) is 14.4. The van der Waals surface area contributed by atoms with E-state index >= 15 is 0 Å². The summed E-state index contributed by atoms with van der Waals surface area (Å²) in [6.45, 7) is 3.00. The molecule has 0 radical (unpaired) electrons. The van der Waals surface area contributed by atoms with Crippen LogP contribution in [0.2, 0.25) is 5.02 Å². The number of carboxylic acids is 1. The summed E-state index contributed by atoms with van der Waals surface area (Å²) in [5.74, 6) is -1.37. The number of rotatable bonds is 4. The van der Waals surface area contributed by atoms with E-state index in [4.69, 9.17) is 11.6 Å². The molecule has 104 valence electrons. The molecule has 1 fully saturated rings. The van der Waals surface area contributed by atoms with Crippen molar-refractivity contribution in [3.63, 3.8) is 0 Å². The van der Waals surface area contributed by atoms with Crippen LogP contribution < -0.4 is 0 Å². The molecule has 1 N–H and O–H groups in total. The van der Waals surface area contributed by atoms with Crippen molar-refractivity contribution < 1.29 is 14.7 Å². The largest absolute Gasteiger partial charge is 0.480 e. The molecule has 0 saturated heterocycles. The van der Waals surface area contributed by atoms with E-state index < -0.39 is 11.5 Å². The van der Waals surface area contributed by atoms with Crippen molar-refractivity contribution in [3.05, 3.63) is 23.0 Å². The van der Waals surface area contributed by atoms with Gasteiger partial charge in [-0.2, -0.15) is 0 Å². The minimum Gasteiger partial charge on any atom is -0.480 e. The van der Waals surface area contributed by atoms with Crippen LogP contribution in [0.1, 0.15) is 43.2 Å². The zero-order valence-corrected chi connectivity index (χ0v) is 11.9. The summed E-state index contributed by atoms with van der Waals surface area (Å²) in [6, 6.07) is 1.91. The van der Waals surface area contributed by atoms with Crippen molar-refractivity contribution in [2.75, 3.05) is 7.05 Å². The number of amides is 1. The summed E-state index contributed by atoms with van der Waals surface area (Å²) in [4.78, 5) is 24.9. The third kappa shape index (κ3) is 2.47. The van der Waals surface area contributed by atoms with E-state index in [1.165, 1.54) is 25.8 Å². The fraction of sp³-hybridized carbons (Fsp3) is 0.538. The van der Waals surface area contributed by atoms with Crippen molar-refractivity contribution in [2.45, 2.75) is 38.3 Å². The van der Waals surface area contributed by atoms with Crippen LogP contribution in [0.4, 0.5) is 0 Å².